The van der Waals surface area contributed by atoms with Gasteiger partial charge in [-0.2, -0.15) is 0 Å². The number of aromatic nitrogens is 8. The van der Waals surface area contributed by atoms with Crippen LogP contribution in [0.2, 0.25) is 0 Å². The fourth-order valence-electron chi connectivity index (χ4n) is 8.22. The quantitative estimate of drug-likeness (QED) is 0.0178. The number of anilines is 4. The number of nitrogens with zero attached hydrogens (tertiary/aromatic N) is 6. The predicted octanol–water partition coefficient (Wildman–Crippen LogP) is 0.109. The first kappa shape index (κ1) is 71.5. The van der Waals surface area contributed by atoms with E-state index in [9.17, 15) is 38.4 Å². The summed E-state index contributed by atoms with van der Waals surface area (Å²) < 4.78 is 53.8. The van der Waals surface area contributed by atoms with Crippen molar-refractivity contribution in [1.29, 1.82) is 0 Å². The number of hydrogen-bond acceptors (Lipinski definition) is 21. The summed E-state index contributed by atoms with van der Waals surface area (Å²) in [5.41, 5.74) is 13.0. The number of ether oxygens (including phenoxy) is 9. The number of aryl methyl sites for hydroxylation is 2. The van der Waals surface area contributed by atoms with E-state index in [-0.39, 0.29) is 104 Å². The molecule has 0 fully saturated rings. The molecular formula is C58H81N17O17. The van der Waals surface area contributed by atoms with Crippen LogP contribution in [0, 0.1) is 0 Å². The summed E-state index contributed by atoms with van der Waals surface area (Å²) in [5, 5.41) is 18.5. The number of hydrogen-bond donors (Lipinski definition) is 11. The molecule has 0 atom stereocenters. The Morgan fingerprint density at radius 3 is 1.54 bits per heavy atom. The summed E-state index contributed by atoms with van der Waals surface area (Å²) in [5.74, 6) is -3.72. The highest BCUT2D eigenvalue weighted by atomic mass is 16.6. The third-order valence-electron chi connectivity index (χ3n) is 12.8. The lowest BCUT2D eigenvalue weighted by Crippen LogP contribution is -2.33. The highest BCUT2D eigenvalue weighted by Crippen LogP contribution is 2.29. The molecule has 0 aliphatic carbocycles. The maximum atomic E-state index is 13.1. The lowest BCUT2D eigenvalue weighted by atomic mass is 10.2. The molecule has 0 spiro atoms. The normalized spacial score (nSPS) is 11.1. The minimum Gasteiger partial charge on any atom is -0.491 e. The molecular weight excluding hydrogens is 1210 g/mol. The first-order valence-electron chi connectivity index (χ1n) is 29.4. The molecule has 34 nitrogen and oxygen atoms in total. The van der Waals surface area contributed by atoms with E-state index in [1.165, 1.54) is 53.1 Å². The zero-order valence-corrected chi connectivity index (χ0v) is 51.6. The average Bonchev–Trinajstić information content (AvgIpc) is 1.67. The molecule has 5 aromatic heterocycles. The van der Waals surface area contributed by atoms with Crippen molar-refractivity contribution >= 4 is 70.3 Å². The molecule has 0 aliphatic heterocycles. The maximum absolute atomic E-state index is 13.1. The van der Waals surface area contributed by atoms with Gasteiger partial charge in [-0.25, -0.2) is 15.0 Å². The van der Waals surface area contributed by atoms with E-state index in [4.69, 9.17) is 54.1 Å². The van der Waals surface area contributed by atoms with Gasteiger partial charge < -0.3 is 115 Å². The molecule has 500 valence electrons. The Morgan fingerprint density at radius 2 is 1.00 bits per heavy atom. The number of nitrogens with two attached hydrogens (primary N) is 2. The van der Waals surface area contributed by atoms with Gasteiger partial charge in [-0.1, -0.05) is 0 Å². The van der Waals surface area contributed by atoms with Crippen LogP contribution >= 0.6 is 0 Å². The van der Waals surface area contributed by atoms with E-state index in [1.54, 1.807) is 37.0 Å². The number of imidazole rings is 3. The Kier molecular flexibility index (Phi) is 30.7. The molecule has 0 bridgehead atoms. The van der Waals surface area contributed by atoms with E-state index in [0.29, 0.717) is 123 Å². The van der Waals surface area contributed by atoms with Gasteiger partial charge in [0.1, 0.15) is 23.7 Å². The first-order chi connectivity index (χ1) is 44.6. The van der Waals surface area contributed by atoms with Gasteiger partial charge in [0.2, 0.25) is 29.4 Å². The molecule has 0 saturated heterocycles. The largest absolute Gasteiger partial charge is 0.491 e. The second kappa shape index (κ2) is 39.6. The number of benzene rings is 1. The van der Waals surface area contributed by atoms with E-state index in [1.807, 2.05) is 12.1 Å². The SMILES string of the molecule is Cn1cc(NC(=O)CCNC(=O)c2cc(-c3c(NC(=O)CCNC(=O)c4cc(NC(=O)c5nccn5C)c[nH]4)nc(C(N)=O)n3C)c[nH]2)nc1C(=O)NCCC(=O)NCCOCCOCCOCCOCCOCCOCCOCCOCCOc1ccc(N)cc1. The monoisotopic (exact) mass is 1290 g/mol. The molecule has 0 saturated carbocycles. The van der Waals surface area contributed by atoms with Crippen LogP contribution in [0.5, 0.6) is 5.75 Å². The van der Waals surface area contributed by atoms with Crippen LogP contribution in [-0.4, -0.2) is 224 Å². The lowest BCUT2D eigenvalue weighted by molar-refractivity contribution is -0.121. The zero-order chi connectivity index (χ0) is 65.9. The maximum Gasteiger partial charge on any atom is 0.291 e. The fourth-order valence-corrected chi connectivity index (χ4v) is 8.22. The summed E-state index contributed by atoms with van der Waals surface area (Å²) in [6, 6.07) is 10.1. The lowest BCUT2D eigenvalue weighted by Gasteiger charge is -2.09. The van der Waals surface area contributed by atoms with Crippen LogP contribution in [0.25, 0.3) is 11.3 Å². The van der Waals surface area contributed by atoms with Crippen LogP contribution in [0.1, 0.15) is 72.1 Å². The van der Waals surface area contributed by atoms with Crippen molar-refractivity contribution in [1.82, 2.24) is 59.9 Å². The van der Waals surface area contributed by atoms with E-state index in [0.717, 1.165) is 5.75 Å². The Morgan fingerprint density at radius 1 is 0.500 bits per heavy atom. The van der Waals surface area contributed by atoms with Crippen molar-refractivity contribution in [3.8, 4) is 17.0 Å². The molecule has 0 radical (unpaired) electrons. The van der Waals surface area contributed by atoms with Crippen LogP contribution in [-0.2, 0) is 73.4 Å². The number of nitrogen functional groups attached to an aromatic ring is 1. The minimum absolute atomic E-state index is 0.00522. The summed E-state index contributed by atoms with van der Waals surface area (Å²) in [7, 11) is 4.72. The van der Waals surface area contributed by atoms with E-state index >= 15 is 0 Å². The number of aromatic amines is 2. The van der Waals surface area contributed by atoms with Gasteiger partial charge in [-0.05, 0) is 36.4 Å². The Hall–Kier alpha value is -9.55. The van der Waals surface area contributed by atoms with Crippen LogP contribution < -0.4 is 53.4 Å². The molecule has 5 heterocycles. The van der Waals surface area contributed by atoms with Gasteiger partial charge in [0.25, 0.3) is 29.5 Å². The number of H-pyrrole nitrogens is 2. The van der Waals surface area contributed by atoms with Crippen molar-refractivity contribution in [3.05, 3.63) is 96.2 Å². The van der Waals surface area contributed by atoms with Gasteiger partial charge in [0.05, 0.1) is 117 Å². The van der Waals surface area contributed by atoms with Crippen molar-refractivity contribution in [2.75, 3.05) is 160 Å². The standard InChI is InChI=1S/C58H81N17O17/c1-73-16-14-62-53(73)58(83)68-41-35-44(67-37-41)56(81)64-13-10-48(78)71-51-49(75(3)52(72-51)50(60)79)39-34-43(66-36-39)55(80)63-12-9-47(77)69-45-38-74(2)54(70-45)57(82)65-11-8-46(76)61-15-17-84-18-19-85-20-21-86-22-23-87-24-25-88-26-27-89-28-29-90-30-31-91-32-33-92-42-6-4-40(59)5-7-42/h4-7,14,16,34-38,66-67H,8-13,15,17-33,59H2,1-3H3,(H2,60,79)(H,61,76)(H,63,80)(H,64,81)(H,65,82)(H,68,83)(H,69,77)(H,71,78). The summed E-state index contributed by atoms with van der Waals surface area (Å²) in [4.78, 5) is 120. The van der Waals surface area contributed by atoms with Crippen LogP contribution in [0.3, 0.4) is 0 Å². The molecule has 34 heteroatoms. The highest BCUT2D eigenvalue weighted by molar-refractivity contribution is 6.03. The average molecular weight is 1290 g/mol. The first-order valence-corrected chi connectivity index (χ1v) is 29.4. The smallest absolute Gasteiger partial charge is 0.291 e. The Bertz CT molecular complexity index is 3300. The fraction of sp³-hybridized carbons (Fsp3) is 0.466. The van der Waals surface area contributed by atoms with Crippen LogP contribution in [0.15, 0.2) is 67.4 Å². The van der Waals surface area contributed by atoms with Gasteiger partial charge in [-0.3, -0.25) is 38.4 Å². The Labute approximate surface area is 529 Å². The summed E-state index contributed by atoms with van der Waals surface area (Å²) in [6.45, 7) is 7.16. The third kappa shape index (κ3) is 25.4. The van der Waals surface area contributed by atoms with Crippen molar-refractivity contribution in [2.45, 2.75) is 19.3 Å². The number of amides is 8. The number of carbonyl (C=O) groups excluding carboxylic acids is 8. The van der Waals surface area contributed by atoms with Crippen molar-refractivity contribution < 1.29 is 81.0 Å². The molecule has 0 unspecified atom stereocenters. The second-order valence-electron chi connectivity index (χ2n) is 19.8. The Balaban J connectivity index is 0.729. The molecule has 92 heavy (non-hydrogen) atoms. The number of primary amides is 1. The number of rotatable bonds is 46. The molecule has 1 aromatic carbocycles. The molecule has 0 aliphatic rings. The minimum atomic E-state index is -0.889. The molecule has 8 amide bonds. The summed E-state index contributed by atoms with van der Waals surface area (Å²) >= 11 is 0. The topological polar surface area (TPSA) is 441 Å². The zero-order valence-electron chi connectivity index (χ0n) is 51.6. The van der Waals surface area contributed by atoms with E-state index < -0.39 is 41.4 Å². The number of carbonyl (C=O) groups is 8. The third-order valence-corrected chi connectivity index (χ3v) is 12.8. The van der Waals surface area contributed by atoms with Gasteiger partial charge >= 0.3 is 0 Å². The van der Waals surface area contributed by atoms with Crippen LogP contribution in [0.4, 0.5) is 23.0 Å². The van der Waals surface area contributed by atoms with Gasteiger partial charge in [0, 0.05) is 109 Å². The van der Waals surface area contributed by atoms with E-state index in [2.05, 4.69) is 62.1 Å². The number of nitrogens with one attached hydrogen (secondary N) is 9. The molecule has 13 N–H and O–H groups in total. The van der Waals surface area contributed by atoms with Crippen molar-refractivity contribution in [3.63, 3.8) is 0 Å². The second-order valence-corrected chi connectivity index (χ2v) is 19.8. The highest BCUT2D eigenvalue weighted by Gasteiger charge is 2.24. The van der Waals surface area contributed by atoms with Gasteiger partial charge in [-0.15, -0.1) is 0 Å². The predicted molar refractivity (Wildman–Crippen MR) is 331 cm³/mol. The molecule has 6 aromatic rings. The van der Waals surface area contributed by atoms with Gasteiger partial charge in [0.15, 0.2) is 17.5 Å². The summed E-state index contributed by atoms with van der Waals surface area (Å²) in [6.07, 6.45) is 7.03. The molecule has 6 rings (SSSR count). The van der Waals surface area contributed by atoms with Crippen molar-refractivity contribution in [2.24, 2.45) is 26.9 Å².